The second kappa shape index (κ2) is 9.86. The van der Waals surface area contributed by atoms with E-state index in [4.69, 9.17) is 0 Å². The molecule has 180 valence electrons. The number of carbonyl (C=O) groups is 3. The average molecular weight is 481 g/mol. The highest BCUT2D eigenvalue weighted by Gasteiger charge is 2.42. The molecule has 2 unspecified atom stereocenters. The molecule has 8 heteroatoms. The Morgan fingerprint density at radius 1 is 1.09 bits per heavy atom. The molecule has 0 radical (unpaired) electrons. The third kappa shape index (κ3) is 4.35. The number of anilines is 1. The third-order valence-electron chi connectivity index (χ3n) is 7.45. The number of nitrogens with zero attached hydrogens (tertiary/aromatic N) is 3. The van der Waals surface area contributed by atoms with Crippen LogP contribution < -0.4 is 10.2 Å². The van der Waals surface area contributed by atoms with E-state index in [1.54, 1.807) is 12.3 Å². The van der Waals surface area contributed by atoms with Crippen molar-refractivity contribution >= 4 is 34.7 Å². The van der Waals surface area contributed by atoms with Gasteiger partial charge < -0.3 is 10.2 Å². The summed E-state index contributed by atoms with van der Waals surface area (Å²) in [5.74, 6) is -0.524. The smallest absolute Gasteiger partial charge is 0.264 e. The largest absolute Gasteiger partial charge is 0.370 e. The predicted molar refractivity (Wildman–Crippen MR) is 132 cm³/mol. The first-order valence-corrected chi connectivity index (χ1v) is 13.4. The maximum atomic E-state index is 13.5. The summed E-state index contributed by atoms with van der Waals surface area (Å²) in [5.41, 5.74) is 1.66. The van der Waals surface area contributed by atoms with Gasteiger partial charge in [0.2, 0.25) is 5.91 Å². The molecule has 1 aromatic carbocycles. The van der Waals surface area contributed by atoms with Crippen LogP contribution >= 0.6 is 11.3 Å². The number of aromatic nitrogens is 1. The standard InChI is InChI=1S/C26H32N4O3S/c1-17(24-27-13-15-34-24)30-25(32)20-11-6-12-21(22(20)26(30)33)29-14-7-8-18(16-29)23(31)28-19-9-4-2-3-5-10-19/h6,11-13,15,17-19H,2-5,7-10,14,16H2,1H3,(H,28,31). The van der Waals surface area contributed by atoms with Crippen LogP contribution in [0.2, 0.25) is 0 Å². The van der Waals surface area contributed by atoms with Crippen LogP contribution in [0.25, 0.3) is 0 Å². The molecule has 3 amide bonds. The van der Waals surface area contributed by atoms with Gasteiger partial charge in [-0.15, -0.1) is 11.3 Å². The fourth-order valence-corrected chi connectivity index (χ4v) is 6.29. The van der Waals surface area contributed by atoms with E-state index in [2.05, 4.69) is 15.2 Å². The van der Waals surface area contributed by atoms with Crippen LogP contribution in [0.1, 0.15) is 90.1 Å². The number of nitrogens with one attached hydrogen (secondary N) is 1. The normalized spacial score (nSPS) is 22.4. The zero-order chi connectivity index (χ0) is 23.7. The maximum absolute atomic E-state index is 13.5. The molecule has 0 spiro atoms. The lowest BCUT2D eigenvalue weighted by Gasteiger charge is -2.35. The molecule has 2 aliphatic heterocycles. The SMILES string of the molecule is CC(c1nccs1)N1C(=O)c2cccc(N3CCCC(C(=O)NC4CCCCCC4)C3)c2C1=O. The zero-order valence-electron chi connectivity index (χ0n) is 19.7. The molecule has 2 atom stereocenters. The quantitative estimate of drug-likeness (QED) is 0.501. The Morgan fingerprint density at radius 3 is 2.62 bits per heavy atom. The second-order valence-electron chi connectivity index (χ2n) is 9.71. The van der Waals surface area contributed by atoms with Crippen molar-refractivity contribution in [1.29, 1.82) is 0 Å². The van der Waals surface area contributed by atoms with Gasteiger partial charge in [0, 0.05) is 30.7 Å². The van der Waals surface area contributed by atoms with Gasteiger partial charge in [-0.1, -0.05) is 31.7 Å². The molecular weight excluding hydrogens is 448 g/mol. The van der Waals surface area contributed by atoms with Crippen molar-refractivity contribution in [2.45, 2.75) is 70.4 Å². The highest BCUT2D eigenvalue weighted by Crippen LogP contribution is 2.38. The Balaban J connectivity index is 1.34. The zero-order valence-corrected chi connectivity index (χ0v) is 20.5. The molecule has 1 saturated carbocycles. The summed E-state index contributed by atoms with van der Waals surface area (Å²) in [4.78, 5) is 47.6. The van der Waals surface area contributed by atoms with Crippen LogP contribution in [0, 0.1) is 5.92 Å². The molecule has 0 bridgehead atoms. The summed E-state index contributed by atoms with van der Waals surface area (Å²) < 4.78 is 0. The van der Waals surface area contributed by atoms with Gasteiger partial charge in [0.1, 0.15) is 5.01 Å². The molecule has 34 heavy (non-hydrogen) atoms. The molecule has 1 N–H and O–H groups in total. The third-order valence-corrected chi connectivity index (χ3v) is 8.40. The molecule has 2 aromatic rings. The number of fused-ring (bicyclic) bond motifs is 1. The van der Waals surface area contributed by atoms with Gasteiger partial charge in [-0.2, -0.15) is 0 Å². The number of imide groups is 1. The summed E-state index contributed by atoms with van der Waals surface area (Å²) in [6, 6.07) is 5.35. The maximum Gasteiger partial charge on any atom is 0.264 e. The topological polar surface area (TPSA) is 82.6 Å². The van der Waals surface area contributed by atoms with Crippen LogP contribution in [0.5, 0.6) is 0 Å². The van der Waals surface area contributed by atoms with E-state index in [1.165, 1.54) is 41.9 Å². The van der Waals surface area contributed by atoms with E-state index in [0.717, 1.165) is 42.9 Å². The first kappa shape index (κ1) is 23.0. The first-order valence-electron chi connectivity index (χ1n) is 12.5. The van der Waals surface area contributed by atoms with E-state index in [0.29, 0.717) is 17.7 Å². The van der Waals surface area contributed by atoms with Crippen LogP contribution in [0.15, 0.2) is 29.8 Å². The number of hydrogen-bond acceptors (Lipinski definition) is 6. The summed E-state index contributed by atoms with van der Waals surface area (Å²) in [5, 5.41) is 5.90. The molecule has 5 rings (SSSR count). The number of benzene rings is 1. The summed E-state index contributed by atoms with van der Waals surface area (Å²) in [6.45, 7) is 3.18. The number of carbonyl (C=O) groups excluding carboxylic acids is 3. The Labute approximate surface area is 204 Å². The fourth-order valence-electron chi connectivity index (χ4n) is 5.60. The van der Waals surface area contributed by atoms with Crippen molar-refractivity contribution in [1.82, 2.24) is 15.2 Å². The first-order chi connectivity index (χ1) is 16.5. The molecule has 3 heterocycles. The van der Waals surface area contributed by atoms with E-state index < -0.39 is 6.04 Å². The molecule has 1 saturated heterocycles. The van der Waals surface area contributed by atoms with Crippen molar-refractivity contribution in [3.63, 3.8) is 0 Å². The second-order valence-corrected chi connectivity index (χ2v) is 10.6. The fraction of sp³-hybridized carbons (Fsp3) is 0.538. The highest BCUT2D eigenvalue weighted by atomic mass is 32.1. The molecule has 1 aliphatic carbocycles. The lowest BCUT2D eigenvalue weighted by atomic mass is 9.94. The van der Waals surface area contributed by atoms with Crippen molar-refractivity contribution < 1.29 is 14.4 Å². The predicted octanol–water partition coefficient (Wildman–Crippen LogP) is 4.56. The molecule has 3 aliphatic rings. The average Bonchev–Trinajstić information content (AvgIpc) is 3.39. The number of amides is 3. The molecule has 2 fully saturated rings. The Hall–Kier alpha value is -2.74. The Morgan fingerprint density at radius 2 is 1.88 bits per heavy atom. The van der Waals surface area contributed by atoms with Crippen LogP contribution in [-0.4, -0.2) is 46.7 Å². The summed E-state index contributed by atoms with van der Waals surface area (Å²) >= 11 is 1.44. The molecular formula is C26H32N4O3S. The summed E-state index contributed by atoms with van der Waals surface area (Å²) in [7, 11) is 0. The van der Waals surface area contributed by atoms with E-state index in [-0.39, 0.29) is 29.7 Å². The van der Waals surface area contributed by atoms with Crippen LogP contribution in [-0.2, 0) is 4.79 Å². The van der Waals surface area contributed by atoms with Gasteiger partial charge in [-0.05, 0) is 44.7 Å². The van der Waals surface area contributed by atoms with Crippen LogP contribution in [0.4, 0.5) is 5.69 Å². The van der Waals surface area contributed by atoms with Crippen molar-refractivity contribution in [2.24, 2.45) is 5.92 Å². The van der Waals surface area contributed by atoms with Gasteiger partial charge in [0.15, 0.2) is 0 Å². The van der Waals surface area contributed by atoms with E-state index in [1.807, 2.05) is 24.4 Å². The monoisotopic (exact) mass is 480 g/mol. The number of piperidine rings is 1. The van der Waals surface area contributed by atoms with Gasteiger partial charge >= 0.3 is 0 Å². The molecule has 1 aromatic heterocycles. The lowest BCUT2D eigenvalue weighted by Crippen LogP contribution is -2.46. The van der Waals surface area contributed by atoms with Crippen molar-refractivity contribution in [3.8, 4) is 0 Å². The van der Waals surface area contributed by atoms with Crippen LogP contribution in [0.3, 0.4) is 0 Å². The lowest BCUT2D eigenvalue weighted by molar-refractivity contribution is -0.126. The van der Waals surface area contributed by atoms with E-state index in [9.17, 15) is 14.4 Å². The summed E-state index contributed by atoms with van der Waals surface area (Å²) in [6.07, 6.45) is 10.4. The van der Waals surface area contributed by atoms with Gasteiger partial charge in [-0.25, -0.2) is 4.98 Å². The van der Waals surface area contributed by atoms with Gasteiger partial charge in [0.25, 0.3) is 11.8 Å². The molecule has 7 nitrogen and oxygen atoms in total. The highest BCUT2D eigenvalue weighted by molar-refractivity contribution is 7.09. The van der Waals surface area contributed by atoms with Crippen molar-refractivity contribution in [3.05, 3.63) is 45.9 Å². The van der Waals surface area contributed by atoms with Crippen molar-refractivity contribution in [2.75, 3.05) is 18.0 Å². The number of thiazole rings is 1. The Kier molecular flexibility index (Phi) is 6.68. The number of rotatable bonds is 5. The Bertz CT molecular complexity index is 1060. The van der Waals surface area contributed by atoms with Gasteiger partial charge in [0.05, 0.1) is 28.8 Å². The minimum Gasteiger partial charge on any atom is -0.370 e. The van der Waals surface area contributed by atoms with Gasteiger partial charge in [-0.3, -0.25) is 19.3 Å². The van der Waals surface area contributed by atoms with E-state index >= 15 is 0 Å². The number of hydrogen-bond donors (Lipinski definition) is 1. The minimum absolute atomic E-state index is 0.106. The minimum atomic E-state index is -0.417.